The lowest BCUT2D eigenvalue weighted by atomic mass is 9.98. The summed E-state index contributed by atoms with van der Waals surface area (Å²) in [7, 11) is 3.24. The third-order valence-electron chi connectivity index (χ3n) is 5.26. The molecule has 3 aromatic rings. The molecule has 2 aromatic carbocycles. The van der Waals surface area contributed by atoms with Crippen molar-refractivity contribution in [2.45, 2.75) is 25.8 Å². The Bertz CT molecular complexity index is 1130. The minimum absolute atomic E-state index is 0.0607. The van der Waals surface area contributed by atoms with Gasteiger partial charge in [-0.25, -0.2) is 9.99 Å². The third-order valence-corrected chi connectivity index (χ3v) is 5.56. The van der Waals surface area contributed by atoms with Crippen molar-refractivity contribution in [2.75, 3.05) is 14.2 Å². The Labute approximate surface area is 180 Å². The first-order valence-electron chi connectivity index (χ1n) is 9.72. The molecule has 0 spiro atoms. The van der Waals surface area contributed by atoms with E-state index in [0.717, 1.165) is 33.5 Å². The Morgan fingerprint density at radius 2 is 1.80 bits per heavy atom. The van der Waals surface area contributed by atoms with E-state index < -0.39 is 0 Å². The zero-order valence-electron chi connectivity index (χ0n) is 17.1. The summed E-state index contributed by atoms with van der Waals surface area (Å²) in [6, 6.07) is 15.0. The summed E-state index contributed by atoms with van der Waals surface area (Å²) < 4.78 is 10.5. The molecule has 7 heteroatoms. The number of rotatable bonds is 5. The standard InChI is InChI=1S/C23H22ClN3O3/c1-4-22(28)27-21(13-20(26-27)14-5-8-16(29-2)9-6-14)18-11-15-7-10-17(30-3)12-19(15)25-23(18)24/h5-12,21H,4,13H2,1-3H3/t21-/m0/s1. The van der Waals surface area contributed by atoms with E-state index in [-0.39, 0.29) is 11.9 Å². The summed E-state index contributed by atoms with van der Waals surface area (Å²) in [4.78, 5) is 17.2. The second-order valence-corrected chi connectivity index (χ2v) is 7.37. The number of pyridine rings is 1. The highest BCUT2D eigenvalue weighted by atomic mass is 35.5. The fraction of sp³-hybridized carbons (Fsp3) is 0.261. The number of aromatic nitrogens is 1. The average Bonchev–Trinajstić information content (AvgIpc) is 3.22. The van der Waals surface area contributed by atoms with Gasteiger partial charge in [0.05, 0.1) is 31.5 Å². The molecule has 154 valence electrons. The van der Waals surface area contributed by atoms with Crippen LogP contribution >= 0.6 is 11.6 Å². The van der Waals surface area contributed by atoms with Crippen LogP contribution in [0.15, 0.2) is 53.6 Å². The van der Waals surface area contributed by atoms with Crippen LogP contribution in [0.25, 0.3) is 10.9 Å². The number of hydrogen-bond acceptors (Lipinski definition) is 5. The van der Waals surface area contributed by atoms with Gasteiger partial charge in [0, 0.05) is 29.9 Å². The number of methoxy groups -OCH3 is 2. The summed E-state index contributed by atoms with van der Waals surface area (Å²) in [5.41, 5.74) is 3.30. The van der Waals surface area contributed by atoms with Gasteiger partial charge in [-0.1, -0.05) is 18.5 Å². The number of amides is 1. The Kier molecular flexibility index (Phi) is 5.59. The maximum Gasteiger partial charge on any atom is 0.242 e. The molecular formula is C23H22ClN3O3. The van der Waals surface area contributed by atoms with Gasteiger partial charge < -0.3 is 9.47 Å². The predicted molar refractivity (Wildman–Crippen MR) is 117 cm³/mol. The van der Waals surface area contributed by atoms with Crippen LogP contribution in [0.5, 0.6) is 11.5 Å². The first-order chi connectivity index (χ1) is 14.5. The molecular weight excluding hydrogens is 402 g/mol. The number of nitrogens with zero attached hydrogens (tertiary/aromatic N) is 3. The minimum atomic E-state index is -0.305. The second kappa shape index (κ2) is 8.32. The summed E-state index contributed by atoms with van der Waals surface area (Å²) >= 11 is 6.57. The number of hydrogen-bond donors (Lipinski definition) is 0. The van der Waals surface area contributed by atoms with Crippen molar-refractivity contribution in [2.24, 2.45) is 5.10 Å². The number of fused-ring (bicyclic) bond motifs is 1. The predicted octanol–water partition coefficient (Wildman–Crippen LogP) is 4.99. The van der Waals surface area contributed by atoms with Crippen molar-refractivity contribution in [1.82, 2.24) is 9.99 Å². The number of halogens is 1. The zero-order valence-corrected chi connectivity index (χ0v) is 17.8. The normalized spacial score (nSPS) is 15.9. The number of benzene rings is 2. The van der Waals surface area contributed by atoms with Gasteiger partial charge in [-0.2, -0.15) is 5.10 Å². The molecule has 0 aliphatic carbocycles. The largest absolute Gasteiger partial charge is 0.497 e. The van der Waals surface area contributed by atoms with Gasteiger partial charge in [-0.3, -0.25) is 4.79 Å². The lowest BCUT2D eigenvalue weighted by Gasteiger charge is -2.22. The van der Waals surface area contributed by atoms with E-state index in [1.165, 1.54) is 5.01 Å². The molecule has 1 aliphatic heterocycles. The minimum Gasteiger partial charge on any atom is -0.497 e. The van der Waals surface area contributed by atoms with Crippen molar-refractivity contribution in [1.29, 1.82) is 0 Å². The van der Waals surface area contributed by atoms with Crippen LogP contribution in [0.1, 0.15) is 36.9 Å². The van der Waals surface area contributed by atoms with Crippen LogP contribution in [-0.4, -0.2) is 35.8 Å². The van der Waals surface area contributed by atoms with Gasteiger partial charge in [-0.05, 0) is 48.0 Å². The van der Waals surface area contributed by atoms with Gasteiger partial charge in [0.1, 0.15) is 16.7 Å². The summed E-state index contributed by atoms with van der Waals surface area (Å²) in [6.07, 6.45) is 0.910. The van der Waals surface area contributed by atoms with Crippen molar-refractivity contribution >= 4 is 34.1 Å². The van der Waals surface area contributed by atoms with E-state index in [2.05, 4.69) is 10.1 Å². The second-order valence-electron chi connectivity index (χ2n) is 7.01. The molecule has 0 N–H and O–H groups in total. The van der Waals surface area contributed by atoms with E-state index in [1.807, 2.05) is 55.5 Å². The SMILES string of the molecule is CCC(=O)N1N=C(c2ccc(OC)cc2)C[C@H]1c1cc2ccc(OC)cc2nc1Cl. The van der Waals surface area contributed by atoms with E-state index >= 15 is 0 Å². The van der Waals surface area contributed by atoms with E-state index in [1.54, 1.807) is 14.2 Å². The highest BCUT2D eigenvalue weighted by Crippen LogP contribution is 2.38. The fourth-order valence-electron chi connectivity index (χ4n) is 3.60. The molecule has 30 heavy (non-hydrogen) atoms. The highest BCUT2D eigenvalue weighted by Gasteiger charge is 2.34. The molecule has 0 fully saturated rings. The molecule has 1 amide bonds. The Balaban J connectivity index is 1.73. The molecule has 0 bridgehead atoms. The molecule has 2 heterocycles. The molecule has 4 rings (SSSR count). The topological polar surface area (TPSA) is 64.0 Å². The van der Waals surface area contributed by atoms with Crippen LogP contribution in [0.2, 0.25) is 5.15 Å². The number of carbonyl (C=O) groups excluding carboxylic acids is 1. The monoisotopic (exact) mass is 423 g/mol. The van der Waals surface area contributed by atoms with Gasteiger partial charge in [0.15, 0.2) is 0 Å². The van der Waals surface area contributed by atoms with Gasteiger partial charge in [-0.15, -0.1) is 0 Å². The molecule has 0 radical (unpaired) electrons. The van der Waals surface area contributed by atoms with Crippen molar-refractivity contribution in [3.8, 4) is 11.5 Å². The summed E-state index contributed by atoms with van der Waals surface area (Å²) in [5.74, 6) is 1.43. The van der Waals surface area contributed by atoms with E-state index in [9.17, 15) is 4.79 Å². The number of ether oxygens (including phenoxy) is 2. The quantitative estimate of drug-likeness (QED) is 0.542. The Hall–Kier alpha value is -3.12. The Morgan fingerprint density at radius 3 is 2.47 bits per heavy atom. The van der Waals surface area contributed by atoms with E-state index in [0.29, 0.717) is 23.7 Å². The van der Waals surface area contributed by atoms with Crippen molar-refractivity contribution < 1.29 is 14.3 Å². The van der Waals surface area contributed by atoms with Crippen LogP contribution in [0.4, 0.5) is 0 Å². The van der Waals surface area contributed by atoms with Crippen LogP contribution in [-0.2, 0) is 4.79 Å². The summed E-state index contributed by atoms with van der Waals surface area (Å²) in [6.45, 7) is 1.83. The highest BCUT2D eigenvalue weighted by molar-refractivity contribution is 6.30. The Morgan fingerprint density at radius 1 is 1.10 bits per heavy atom. The van der Waals surface area contributed by atoms with Crippen LogP contribution < -0.4 is 9.47 Å². The molecule has 1 aromatic heterocycles. The molecule has 1 aliphatic rings. The van der Waals surface area contributed by atoms with E-state index in [4.69, 9.17) is 21.1 Å². The van der Waals surface area contributed by atoms with Gasteiger partial charge in [0.25, 0.3) is 0 Å². The summed E-state index contributed by atoms with van der Waals surface area (Å²) in [5, 5.41) is 7.47. The molecule has 0 saturated carbocycles. The maximum absolute atomic E-state index is 12.7. The lowest BCUT2D eigenvalue weighted by Crippen LogP contribution is -2.26. The van der Waals surface area contributed by atoms with Crippen LogP contribution in [0.3, 0.4) is 0 Å². The van der Waals surface area contributed by atoms with Gasteiger partial charge >= 0.3 is 0 Å². The van der Waals surface area contributed by atoms with Crippen LogP contribution in [0, 0.1) is 0 Å². The van der Waals surface area contributed by atoms with Crippen molar-refractivity contribution in [3.63, 3.8) is 0 Å². The molecule has 6 nitrogen and oxygen atoms in total. The maximum atomic E-state index is 12.7. The average molecular weight is 424 g/mol. The molecule has 0 saturated heterocycles. The zero-order chi connectivity index (χ0) is 21.3. The third kappa shape index (κ3) is 3.71. The number of hydrazone groups is 1. The molecule has 1 atom stereocenters. The van der Waals surface area contributed by atoms with Gasteiger partial charge in [0.2, 0.25) is 5.91 Å². The first kappa shape index (κ1) is 20.2. The fourth-order valence-corrected chi connectivity index (χ4v) is 3.87. The first-order valence-corrected chi connectivity index (χ1v) is 10.1. The smallest absolute Gasteiger partial charge is 0.242 e. The molecule has 0 unspecified atom stereocenters. The lowest BCUT2D eigenvalue weighted by molar-refractivity contribution is -0.132. The number of carbonyl (C=O) groups is 1. The van der Waals surface area contributed by atoms with Crippen molar-refractivity contribution in [3.05, 3.63) is 64.8 Å².